The minimum atomic E-state index is -0.943. The van der Waals surface area contributed by atoms with Gasteiger partial charge in [-0.15, -0.1) is 0 Å². The molecule has 0 aromatic heterocycles. The molecule has 1 saturated heterocycles. The number of benzene rings is 1. The summed E-state index contributed by atoms with van der Waals surface area (Å²) in [6.45, 7) is 3.18. The maximum absolute atomic E-state index is 12.9. The highest BCUT2D eigenvalue weighted by atomic mass is 16.2. The average molecular weight is 384 g/mol. The van der Waals surface area contributed by atoms with Gasteiger partial charge in [-0.1, -0.05) is 6.07 Å². The van der Waals surface area contributed by atoms with Gasteiger partial charge in [0.05, 0.1) is 11.1 Å². The molecule has 1 aliphatic carbocycles. The first-order chi connectivity index (χ1) is 13.3. The molecule has 8 heteroatoms. The number of rotatable bonds is 6. The number of fused-ring (bicyclic) bond motifs is 1. The Balaban J connectivity index is 1.52. The molecular weight excluding hydrogens is 360 g/mol. The molecule has 3 aliphatic rings. The van der Waals surface area contributed by atoms with Crippen LogP contribution in [0.25, 0.3) is 0 Å². The number of amides is 4. The quantitative estimate of drug-likeness (QED) is 0.607. The van der Waals surface area contributed by atoms with Crippen LogP contribution in [0.1, 0.15) is 58.9 Å². The zero-order valence-electron chi connectivity index (χ0n) is 15.8. The van der Waals surface area contributed by atoms with Gasteiger partial charge in [-0.3, -0.25) is 29.4 Å². The van der Waals surface area contributed by atoms with E-state index in [-0.39, 0.29) is 24.3 Å². The zero-order valence-corrected chi connectivity index (χ0v) is 15.8. The Bertz CT molecular complexity index is 879. The summed E-state index contributed by atoms with van der Waals surface area (Å²) < 4.78 is 0. The van der Waals surface area contributed by atoms with E-state index < -0.39 is 23.8 Å². The van der Waals surface area contributed by atoms with Gasteiger partial charge >= 0.3 is 0 Å². The Hall–Kier alpha value is -2.58. The molecule has 2 aliphatic heterocycles. The smallest absolute Gasteiger partial charge is 0.262 e. The molecular formula is C20H24N4O4. The minimum Gasteiger partial charge on any atom is -0.329 e. The summed E-state index contributed by atoms with van der Waals surface area (Å²) >= 11 is 0. The number of nitrogens with one attached hydrogen (secondary N) is 2. The number of piperidine rings is 1. The largest absolute Gasteiger partial charge is 0.329 e. The molecule has 2 unspecified atom stereocenters. The summed E-state index contributed by atoms with van der Waals surface area (Å²) in [7, 11) is 0. The molecule has 2 fully saturated rings. The Kier molecular flexibility index (Phi) is 4.55. The monoisotopic (exact) mass is 384 g/mol. The van der Waals surface area contributed by atoms with Crippen molar-refractivity contribution in [2.24, 2.45) is 11.7 Å². The first kappa shape index (κ1) is 18.8. The normalized spacial score (nSPS) is 24.2. The predicted molar refractivity (Wildman–Crippen MR) is 100 cm³/mol. The molecule has 4 rings (SSSR count). The second kappa shape index (κ2) is 6.79. The van der Waals surface area contributed by atoms with Gasteiger partial charge in [-0.05, 0) is 49.8 Å². The van der Waals surface area contributed by atoms with E-state index in [4.69, 9.17) is 5.73 Å². The summed E-state index contributed by atoms with van der Waals surface area (Å²) in [6.07, 6.45) is 2.59. The lowest BCUT2D eigenvalue weighted by Crippen LogP contribution is -2.54. The highest BCUT2D eigenvalue weighted by Crippen LogP contribution is 2.39. The highest BCUT2D eigenvalue weighted by Gasteiger charge is 2.45. The molecule has 148 valence electrons. The van der Waals surface area contributed by atoms with E-state index in [9.17, 15) is 19.2 Å². The molecule has 1 aromatic carbocycles. The number of carbonyl (C=O) groups is 4. The fraction of sp³-hybridized carbons (Fsp3) is 0.500. The van der Waals surface area contributed by atoms with E-state index in [0.717, 1.165) is 10.5 Å². The molecule has 1 saturated carbocycles. The zero-order chi connectivity index (χ0) is 20.1. The van der Waals surface area contributed by atoms with Crippen molar-refractivity contribution in [2.75, 3.05) is 6.54 Å². The summed E-state index contributed by atoms with van der Waals surface area (Å²) in [6, 6.07) is 4.21. The van der Waals surface area contributed by atoms with Crippen LogP contribution in [0.15, 0.2) is 18.2 Å². The lowest BCUT2D eigenvalue weighted by atomic mass is 9.95. The van der Waals surface area contributed by atoms with Gasteiger partial charge in [0.2, 0.25) is 11.8 Å². The topological polar surface area (TPSA) is 122 Å². The molecule has 4 N–H and O–H groups in total. The predicted octanol–water partition coefficient (Wildman–Crippen LogP) is 0.305. The van der Waals surface area contributed by atoms with Crippen molar-refractivity contribution in [1.29, 1.82) is 0 Å². The molecule has 28 heavy (non-hydrogen) atoms. The van der Waals surface area contributed by atoms with Gasteiger partial charge in [-0.2, -0.15) is 0 Å². The Labute approximate surface area is 162 Å². The third-order valence-corrected chi connectivity index (χ3v) is 6.10. The number of nitrogens with zero attached hydrogens (tertiary/aromatic N) is 1. The Morgan fingerprint density at radius 2 is 1.86 bits per heavy atom. The van der Waals surface area contributed by atoms with Gasteiger partial charge < -0.3 is 11.1 Å². The highest BCUT2D eigenvalue weighted by molar-refractivity contribution is 6.23. The molecule has 0 spiro atoms. The van der Waals surface area contributed by atoms with Crippen LogP contribution in [-0.2, 0) is 16.1 Å². The van der Waals surface area contributed by atoms with Crippen LogP contribution >= 0.6 is 0 Å². The van der Waals surface area contributed by atoms with Gasteiger partial charge in [0, 0.05) is 25.0 Å². The standard InChI is InChI=1S/C20H24N4O4/c1-20(10-21,12-3-4-12)22-9-11-2-5-13-14(8-11)19(28)24(18(13)27)15-6-7-16(25)23-17(15)26/h2,5,8,12,15,22H,3-4,6-7,9-10,21H2,1H3,(H,23,25,26). The maximum atomic E-state index is 12.9. The van der Waals surface area contributed by atoms with Crippen LogP contribution in [0.2, 0.25) is 0 Å². The average Bonchev–Trinajstić information content (AvgIpc) is 3.50. The second-order valence-corrected chi connectivity index (χ2v) is 8.08. The van der Waals surface area contributed by atoms with Crippen molar-refractivity contribution in [3.05, 3.63) is 34.9 Å². The van der Waals surface area contributed by atoms with E-state index >= 15 is 0 Å². The van der Waals surface area contributed by atoms with E-state index in [1.165, 1.54) is 12.8 Å². The van der Waals surface area contributed by atoms with Gasteiger partial charge in [-0.25, -0.2) is 0 Å². The van der Waals surface area contributed by atoms with Crippen LogP contribution in [0.3, 0.4) is 0 Å². The SMILES string of the molecule is CC(CN)(NCc1ccc2c(c1)C(=O)N(C1CCC(=O)NC1=O)C2=O)C1CC1. The van der Waals surface area contributed by atoms with E-state index in [1.807, 2.05) is 6.07 Å². The number of hydrogen-bond donors (Lipinski definition) is 3. The fourth-order valence-electron chi connectivity index (χ4n) is 4.04. The number of nitrogens with two attached hydrogens (primary N) is 1. The van der Waals surface area contributed by atoms with Gasteiger partial charge in [0.1, 0.15) is 6.04 Å². The van der Waals surface area contributed by atoms with Crippen LogP contribution in [0.5, 0.6) is 0 Å². The molecule has 8 nitrogen and oxygen atoms in total. The number of imide groups is 2. The first-order valence-electron chi connectivity index (χ1n) is 9.63. The Morgan fingerprint density at radius 1 is 1.14 bits per heavy atom. The summed E-state index contributed by atoms with van der Waals surface area (Å²) in [4.78, 5) is 50.0. The fourth-order valence-corrected chi connectivity index (χ4v) is 4.04. The summed E-state index contributed by atoms with van der Waals surface area (Å²) in [5.74, 6) is -1.39. The lowest BCUT2D eigenvalue weighted by molar-refractivity contribution is -0.136. The molecule has 0 bridgehead atoms. The molecule has 1 aromatic rings. The molecule has 2 heterocycles. The van der Waals surface area contributed by atoms with E-state index in [0.29, 0.717) is 30.1 Å². The van der Waals surface area contributed by atoms with Crippen molar-refractivity contribution in [3.8, 4) is 0 Å². The molecule has 2 atom stereocenters. The van der Waals surface area contributed by atoms with Crippen molar-refractivity contribution in [3.63, 3.8) is 0 Å². The summed E-state index contributed by atoms with van der Waals surface area (Å²) in [5.41, 5.74) is 7.27. The maximum Gasteiger partial charge on any atom is 0.262 e. The van der Waals surface area contributed by atoms with Gasteiger partial charge in [0.15, 0.2) is 0 Å². The first-order valence-corrected chi connectivity index (χ1v) is 9.63. The van der Waals surface area contributed by atoms with Crippen molar-refractivity contribution < 1.29 is 19.2 Å². The Morgan fingerprint density at radius 3 is 2.50 bits per heavy atom. The second-order valence-electron chi connectivity index (χ2n) is 8.08. The van der Waals surface area contributed by atoms with Crippen molar-refractivity contribution in [2.45, 2.75) is 50.7 Å². The number of hydrogen-bond acceptors (Lipinski definition) is 6. The van der Waals surface area contributed by atoms with Crippen molar-refractivity contribution >= 4 is 23.6 Å². The van der Waals surface area contributed by atoms with Crippen LogP contribution in [0, 0.1) is 5.92 Å². The van der Waals surface area contributed by atoms with Gasteiger partial charge in [0.25, 0.3) is 11.8 Å². The molecule has 4 amide bonds. The lowest BCUT2D eigenvalue weighted by Gasteiger charge is -2.29. The summed E-state index contributed by atoms with van der Waals surface area (Å²) in [5, 5.41) is 5.69. The third kappa shape index (κ3) is 3.12. The number of carbonyl (C=O) groups excluding carboxylic acids is 4. The minimum absolute atomic E-state index is 0.109. The van der Waals surface area contributed by atoms with Crippen LogP contribution < -0.4 is 16.4 Å². The van der Waals surface area contributed by atoms with Crippen molar-refractivity contribution in [1.82, 2.24) is 15.5 Å². The van der Waals surface area contributed by atoms with E-state index in [1.54, 1.807) is 12.1 Å². The van der Waals surface area contributed by atoms with Crippen LogP contribution in [0.4, 0.5) is 0 Å². The van der Waals surface area contributed by atoms with Crippen LogP contribution in [-0.4, -0.2) is 46.7 Å². The molecule has 0 radical (unpaired) electrons. The van der Waals surface area contributed by atoms with E-state index in [2.05, 4.69) is 17.6 Å². The third-order valence-electron chi connectivity index (χ3n) is 6.10.